The van der Waals surface area contributed by atoms with Crippen LogP contribution >= 0.6 is 11.8 Å². The number of anilines is 1. The molecule has 2 amide bonds. The van der Waals surface area contributed by atoms with Crippen molar-refractivity contribution >= 4 is 29.3 Å². The van der Waals surface area contributed by atoms with E-state index in [1.807, 2.05) is 35.8 Å². The molecule has 35 heavy (non-hydrogen) atoms. The SMILES string of the molecule is CCc1ccc(O[C@@H](C)C(=O)NCc2nnc(SCC(=O)Nc3cccc(F)c3C)n2CC)cc1. The molecule has 1 atom stereocenters. The number of carbonyl (C=O) groups is 2. The van der Waals surface area contributed by atoms with Crippen molar-refractivity contribution in [3.05, 3.63) is 65.2 Å². The zero-order valence-electron chi connectivity index (χ0n) is 20.3. The van der Waals surface area contributed by atoms with Crippen LogP contribution < -0.4 is 15.4 Å². The summed E-state index contributed by atoms with van der Waals surface area (Å²) in [6.07, 6.45) is 0.260. The van der Waals surface area contributed by atoms with Crippen LogP contribution in [0.1, 0.15) is 37.7 Å². The Labute approximate surface area is 208 Å². The van der Waals surface area contributed by atoms with E-state index in [4.69, 9.17) is 4.74 Å². The largest absolute Gasteiger partial charge is 0.481 e. The lowest BCUT2D eigenvalue weighted by Crippen LogP contribution is -2.36. The minimum Gasteiger partial charge on any atom is -0.481 e. The van der Waals surface area contributed by atoms with Crippen molar-refractivity contribution in [1.82, 2.24) is 20.1 Å². The predicted molar refractivity (Wildman–Crippen MR) is 134 cm³/mol. The van der Waals surface area contributed by atoms with E-state index in [0.29, 0.717) is 34.5 Å². The van der Waals surface area contributed by atoms with Crippen molar-refractivity contribution in [2.75, 3.05) is 11.1 Å². The number of aryl methyl sites for hydroxylation is 1. The molecule has 0 aliphatic rings. The van der Waals surface area contributed by atoms with E-state index in [9.17, 15) is 14.0 Å². The van der Waals surface area contributed by atoms with Crippen molar-refractivity contribution < 1.29 is 18.7 Å². The van der Waals surface area contributed by atoms with Crippen LogP contribution in [0.2, 0.25) is 0 Å². The molecule has 0 saturated heterocycles. The normalized spacial score (nSPS) is 11.7. The average molecular weight is 500 g/mol. The van der Waals surface area contributed by atoms with E-state index in [0.717, 1.165) is 6.42 Å². The van der Waals surface area contributed by atoms with E-state index >= 15 is 0 Å². The predicted octanol–water partition coefficient (Wildman–Crippen LogP) is 4.12. The van der Waals surface area contributed by atoms with Gasteiger partial charge < -0.3 is 19.9 Å². The second-order valence-corrected chi connectivity index (χ2v) is 8.81. The number of aromatic nitrogens is 3. The Bertz CT molecular complexity index is 1170. The number of hydrogen-bond donors (Lipinski definition) is 2. The number of nitrogens with one attached hydrogen (secondary N) is 2. The van der Waals surface area contributed by atoms with Gasteiger partial charge in [-0.25, -0.2) is 4.39 Å². The summed E-state index contributed by atoms with van der Waals surface area (Å²) in [7, 11) is 0. The minimum absolute atomic E-state index is 0.0855. The first kappa shape index (κ1) is 26.2. The number of carbonyl (C=O) groups excluding carboxylic acids is 2. The Hall–Kier alpha value is -3.40. The highest BCUT2D eigenvalue weighted by Crippen LogP contribution is 2.20. The van der Waals surface area contributed by atoms with Gasteiger partial charge in [0.1, 0.15) is 11.6 Å². The van der Waals surface area contributed by atoms with Gasteiger partial charge >= 0.3 is 0 Å². The summed E-state index contributed by atoms with van der Waals surface area (Å²) < 4.78 is 21.2. The molecule has 0 aliphatic heterocycles. The number of thioether (sulfide) groups is 1. The molecule has 8 nitrogen and oxygen atoms in total. The van der Waals surface area contributed by atoms with Crippen LogP contribution in [0.15, 0.2) is 47.6 Å². The van der Waals surface area contributed by atoms with E-state index in [2.05, 4.69) is 27.8 Å². The summed E-state index contributed by atoms with van der Waals surface area (Å²) in [5.41, 5.74) is 2.02. The average Bonchev–Trinajstić information content (AvgIpc) is 3.26. The first-order chi connectivity index (χ1) is 16.8. The summed E-state index contributed by atoms with van der Waals surface area (Å²) in [6, 6.07) is 12.2. The van der Waals surface area contributed by atoms with E-state index in [1.54, 1.807) is 26.0 Å². The number of nitrogens with zero attached hydrogens (tertiary/aromatic N) is 3. The van der Waals surface area contributed by atoms with Crippen molar-refractivity contribution in [2.24, 2.45) is 0 Å². The van der Waals surface area contributed by atoms with Crippen LogP contribution in [0.4, 0.5) is 10.1 Å². The number of rotatable bonds is 11. The number of amides is 2. The highest BCUT2D eigenvalue weighted by atomic mass is 32.2. The van der Waals surface area contributed by atoms with Crippen molar-refractivity contribution in [3.63, 3.8) is 0 Å². The number of ether oxygens (including phenoxy) is 1. The summed E-state index contributed by atoms with van der Waals surface area (Å²) in [4.78, 5) is 24.9. The van der Waals surface area contributed by atoms with E-state index in [-0.39, 0.29) is 29.9 Å². The van der Waals surface area contributed by atoms with Crippen LogP contribution in [-0.2, 0) is 29.1 Å². The fourth-order valence-electron chi connectivity index (χ4n) is 3.30. The smallest absolute Gasteiger partial charge is 0.261 e. The molecule has 0 radical (unpaired) electrons. The van der Waals surface area contributed by atoms with Gasteiger partial charge in [-0.15, -0.1) is 10.2 Å². The first-order valence-electron chi connectivity index (χ1n) is 11.5. The third-order valence-corrected chi connectivity index (χ3v) is 6.39. The molecule has 1 aromatic heterocycles. The molecule has 0 saturated carbocycles. The zero-order valence-corrected chi connectivity index (χ0v) is 21.1. The van der Waals surface area contributed by atoms with Gasteiger partial charge in [0, 0.05) is 17.8 Å². The lowest BCUT2D eigenvalue weighted by Gasteiger charge is -2.15. The summed E-state index contributed by atoms with van der Waals surface area (Å²) in [6.45, 7) is 8.06. The van der Waals surface area contributed by atoms with E-state index in [1.165, 1.54) is 23.4 Å². The number of halogens is 1. The van der Waals surface area contributed by atoms with Crippen LogP contribution in [-0.4, -0.2) is 38.4 Å². The van der Waals surface area contributed by atoms with Gasteiger partial charge in [0.05, 0.1) is 12.3 Å². The van der Waals surface area contributed by atoms with Crippen LogP contribution in [0, 0.1) is 12.7 Å². The van der Waals surface area contributed by atoms with Gasteiger partial charge in [0.2, 0.25) is 5.91 Å². The molecule has 2 aromatic carbocycles. The van der Waals surface area contributed by atoms with Gasteiger partial charge in [-0.1, -0.05) is 36.9 Å². The monoisotopic (exact) mass is 499 g/mol. The number of hydrogen-bond acceptors (Lipinski definition) is 6. The Morgan fingerprint density at radius 1 is 1.14 bits per heavy atom. The molecule has 0 aliphatic carbocycles. The van der Waals surface area contributed by atoms with Gasteiger partial charge in [-0.05, 0) is 57.0 Å². The Morgan fingerprint density at radius 3 is 2.57 bits per heavy atom. The fraction of sp³-hybridized carbons (Fsp3) is 0.360. The van der Waals surface area contributed by atoms with Gasteiger partial charge in [0.25, 0.3) is 5.91 Å². The van der Waals surface area contributed by atoms with Crippen LogP contribution in [0.5, 0.6) is 5.75 Å². The maximum absolute atomic E-state index is 13.7. The summed E-state index contributed by atoms with van der Waals surface area (Å²) in [5.74, 6) is 0.372. The molecule has 0 unspecified atom stereocenters. The zero-order chi connectivity index (χ0) is 25.4. The lowest BCUT2D eigenvalue weighted by atomic mass is 10.2. The van der Waals surface area contributed by atoms with Gasteiger partial charge in [-0.2, -0.15) is 0 Å². The molecule has 2 N–H and O–H groups in total. The van der Waals surface area contributed by atoms with Gasteiger partial charge in [-0.3, -0.25) is 9.59 Å². The molecule has 3 aromatic rings. The third kappa shape index (κ3) is 7.05. The second kappa shape index (κ2) is 12.3. The highest BCUT2D eigenvalue weighted by Gasteiger charge is 2.18. The molecule has 0 fully saturated rings. The Balaban J connectivity index is 1.52. The Kier molecular flexibility index (Phi) is 9.25. The lowest BCUT2D eigenvalue weighted by molar-refractivity contribution is -0.127. The molecule has 0 bridgehead atoms. The molecule has 0 spiro atoms. The maximum atomic E-state index is 13.7. The van der Waals surface area contributed by atoms with Crippen LogP contribution in [0.3, 0.4) is 0 Å². The summed E-state index contributed by atoms with van der Waals surface area (Å²) in [5, 5.41) is 14.4. The second-order valence-electron chi connectivity index (χ2n) is 7.87. The van der Waals surface area contributed by atoms with E-state index < -0.39 is 6.10 Å². The van der Waals surface area contributed by atoms with Gasteiger partial charge in [0.15, 0.2) is 17.1 Å². The summed E-state index contributed by atoms with van der Waals surface area (Å²) >= 11 is 1.22. The molecule has 10 heteroatoms. The highest BCUT2D eigenvalue weighted by molar-refractivity contribution is 7.99. The van der Waals surface area contributed by atoms with Crippen molar-refractivity contribution in [2.45, 2.75) is 58.5 Å². The standard InChI is InChI=1S/C25H30FN5O3S/c1-5-18-10-12-19(13-11-18)34-17(4)24(33)27-14-22-29-30-25(31(22)6-2)35-15-23(32)28-21-9-7-8-20(26)16(21)3/h7-13,17H,5-6,14-15H2,1-4H3,(H,27,33)(H,28,32)/t17-/m0/s1. The molecule has 1 heterocycles. The third-order valence-electron chi connectivity index (χ3n) is 5.42. The number of benzene rings is 2. The first-order valence-corrected chi connectivity index (χ1v) is 12.4. The Morgan fingerprint density at radius 2 is 1.89 bits per heavy atom. The van der Waals surface area contributed by atoms with Crippen molar-refractivity contribution in [3.8, 4) is 5.75 Å². The molecule has 186 valence electrons. The molecular weight excluding hydrogens is 469 g/mol. The fourth-order valence-corrected chi connectivity index (χ4v) is 4.13. The quantitative estimate of drug-likeness (QED) is 0.385. The molecular formula is C25H30FN5O3S. The van der Waals surface area contributed by atoms with Crippen LogP contribution in [0.25, 0.3) is 0 Å². The minimum atomic E-state index is -0.677. The molecule has 3 rings (SSSR count). The topological polar surface area (TPSA) is 98.1 Å². The maximum Gasteiger partial charge on any atom is 0.261 e. The van der Waals surface area contributed by atoms with Crippen molar-refractivity contribution in [1.29, 1.82) is 0 Å².